The van der Waals surface area contributed by atoms with E-state index >= 15 is 0 Å². The number of nitrogens with one attached hydrogen (secondary N) is 1. The van der Waals surface area contributed by atoms with Crippen LogP contribution in [0.1, 0.15) is 67.7 Å². The number of anilines is 1. The molecule has 1 atom stereocenters. The minimum Gasteiger partial charge on any atom is -0.352 e. The molecule has 0 unspecified atom stereocenters. The molecule has 1 fully saturated rings. The van der Waals surface area contributed by atoms with Gasteiger partial charge in [-0.3, -0.25) is 13.9 Å². The highest BCUT2D eigenvalue weighted by atomic mass is 35.5. The summed E-state index contributed by atoms with van der Waals surface area (Å²) in [6.07, 6.45) is 5.55. The summed E-state index contributed by atoms with van der Waals surface area (Å²) < 4.78 is 29.3. The van der Waals surface area contributed by atoms with Gasteiger partial charge in [-0.1, -0.05) is 73.7 Å². The van der Waals surface area contributed by atoms with Gasteiger partial charge in [-0.25, -0.2) is 8.42 Å². The molecule has 9 heteroatoms. The van der Waals surface area contributed by atoms with Crippen LogP contribution in [-0.4, -0.2) is 43.8 Å². The summed E-state index contributed by atoms with van der Waals surface area (Å²) in [7, 11) is -4.16. The number of carbonyl (C=O) groups excluding carboxylic acids is 2. The molecular weight excluding hydrogens is 582 g/mol. The minimum atomic E-state index is -4.16. The van der Waals surface area contributed by atoms with E-state index in [1.54, 1.807) is 12.1 Å². The lowest BCUT2D eigenvalue weighted by molar-refractivity contribution is -0.140. The Morgan fingerprint density at radius 2 is 1.56 bits per heavy atom. The fourth-order valence-electron chi connectivity index (χ4n) is 5.50. The second-order valence-electron chi connectivity index (χ2n) is 11.5. The molecular formula is C34H42ClN3O4S. The van der Waals surface area contributed by atoms with Crippen molar-refractivity contribution in [3.8, 4) is 0 Å². The smallest absolute Gasteiger partial charge is 0.264 e. The first-order chi connectivity index (χ1) is 20.5. The van der Waals surface area contributed by atoms with Crippen LogP contribution >= 0.6 is 11.6 Å². The number of sulfonamides is 1. The Labute approximate surface area is 261 Å². The fraction of sp³-hybridized carbons (Fsp3) is 0.412. The van der Waals surface area contributed by atoms with Crippen LogP contribution in [0.25, 0.3) is 0 Å². The van der Waals surface area contributed by atoms with Gasteiger partial charge >= 0.3 is 0 Å². The molecule has 1 aliphatic rings. The van der Waals surface area contributed by atoms with E-state index in [9.17, 15) is 18.0 Å². The molecule has 7 nitrogen and oxygen atoms in total. The maximum Gasteiger partial charge on any atom is 0.264 e. The number of halogens is 1. The van der Waals surface area contributed by atoms with Gasteiger partial charge in [0, 0.05) is 17.6 Å². The van der Waals surface area contributed by atoms with E-state index in [1.807, 2.05) is 58.0 Å². The molecule has 0 aliphatic heterocycles. The minimum absolute atomic E-state index is 0.0232. The molecule has 0 saturated heterocycles. The lowest BCUT2D eigenvalue weighted by atomic mass is 9.95. The van der Waals surface area contributed by atoms with Crippen molar-refractivity contribution >= 4 is 39.1 Å². The van der Waals surface area contributed by atoms with Gasteiger partial charge in [-0.2, -0.15) is 0 Å². The van der Waals surface area contributed by atoms with Crippen molar-refractivity contribution in [2.75, 3.05) is 10.8 Å². The fourth-order valence-corrected chi connectivity index (χ4v) is 7.03. The average Bonchev–Trinajstić information content (AvgIpc) is 2.99. The predicted molar refractivity (Wildman–Crippen MR) is 173 cm³/mol. The van der Waals surface area contributed by atoms with Gasteiger partial charge in [0.15, 0.2) is 0 Å². The summed E-state index contributed by atoms with van der Waals surface area (Å²) in [6.45, 7) is 7.43. The molecule has 0 spiro atoms. The van der Waals surface area contributed by atoms with Crippen molar-refractivity contribution in [2.24, 2.45) is 0 Å². The Morgan fingerprint density at radius 3 is 2.16 bits per heavy atom. The second-order valence-corrected chi connectivity index (χ2v) is 13.8. The zero-order chi connectivity index (χ0) is 31.1. The van der Waals surface area contributed by atoms with Gasteiger partial charge in [-0.05, 0) is 93.1 Å². The zero-order valence-electron chi connectivity index (χ0n) is 25.5. The number of amides is 2. The van der Waals surface area contributed by atoms with E-state index in [2.05, 4.69) is 5.32 Å². The van der Waals surface area contributed by atoms with Crippen LogP contribution < -0.4 is 9.62 Å². The first-order valence-electron chi connectivity index (χ1n) is 15.0. The van der Waals surface area contributed by atoms with Crippen molar-refractivity contribution in [2.45, 2.75) is 89.7 Å². The van der Waals surface area contributed by atoms with Crippen molar-refractivity contribution in [3.05, 3.63) is 94.0 Å². The largest absolute Gasteiger partial charge is 0.352 e. The summed E-state index contributed by atoms with van der Waals surface area (Å²) in [5, 5.41) is 3.59. The lowest BCUT2D eigenvalue weighted by Gasteiger charge is -2.34. The molecule has 0 bridgehead atoms. The molecule has 3 aromatic rings. The van der Waals surface area contributed by atoms with Crippen LogP contribution in [0.3, 0.4) is 0 Å². The molecule has 0 aromatic heterocycles. The van der Waals surface area contributed by atoms with E-state index in [4.69, 9.17) is 11.6 Å². The first-order valence-corrected chi connectivity index (χ1v) is 16.8. The normalized spacial score (nSPS) is 14.6. The Bertz CT molecular complexity index is 1520. The number of hydrogen-bond donors (Lipinski definition) is 1. The number of nitrogens with zero attached hydrogens (tertiary/aromatic N) is 2. The van der Waals surface area contributed by atoms with Crippen molar-refractivity contribution in [1.82, 2.24) is 10.2 Å². The SMILES string of the molecule is CC[C@H](C(=O)NC1CCCCC1)N(Cc1ccc(C)cc1)C(=O)CN(c1ccc(C)c(C)c1)S(=O)(=O)c1ccc(Cl)cc1. The third-order valence-electron chi connectivity index (χ3n) is 8.27. The lowest BCUT2D eigenvalue weighted by Crippen LogP contribution is -2.54. The predicted octanol–water partition coefficient (Wildman–Crippen LogP) is 6.72. The molecule has 0 radical (unpaired) electrons. The van der Waals surface area contributed by atoms with Crippen molar-refractivity contribution < 1.29 is 18.0 Å². The summed E-state index contributed by atoms with van der Waals surface area (Å²) in [5.41, 5.74) is 4.22. The summed E-state index contributed by atoms with van der Waals surface area (Å²) in [6, 6.07) is 18.4. The first kappa shape index (κ1) is 32.6. The second kappa shape index (κ2) is 14.4. The quantitative estimate of drug-likeness (QED) is 0.257. The topological polar surface area (TPSA) is 86.8 Å². The van der Waals surface area contributed by atoms with Gasteiger partial charge in [0.05, 0.1) is 10.6 Å². The summed E-state index contributed by atoms with van der Waals surface area (Å²) in [5.74, 6) is -0.657. The third-order valence-corrected chi connectivity index (χ3v) is 10.3. The molecule has 1 saturated carbocycles. The average molecular weight is 624 g/mol. The zero-order valence-corrected chi connectivity index (χ0v) is 27.0. The summed E-state index contributed by atoms with van der Waals surface area (Å²) >= 11 is 6.05. The Morgan fingerprint density at radius 1 is 0.907 bits per heavy atom. The van der Waals surface area contributed by atoms with Crippen LogP contribution in [0.15, 0.2) is 71.6 Å². The molecule has 1 aliphatic carbocycles. The van der Waals surface area contributed by atoms with Gasteiger partial charge in [0.1, 0.15) is 12.6 Å². The van der Waals surface area contributed by atoms with Crippen molar-refractivity contribution in [3.63, 3.8) is 0 Å². The maximum atomic E-state index is 14.3. The molecule has 1 N–H and O–H groups in total. The van der Waals surface area contributed by atoms with E-state index in [0.29, 0.717) is 17.1 Å². The van der Waals surface area contributed by atoms with Crippen LogP contribution in [0.2, 0.25) is 5.02 Å². The Balaban J connectivity index is 1.72. The van der Waals surface area contributed by atoms with Crippen LogP contribution in [0.5, 0.6) is 0 Å². The van der Waals surface area contributed by atoms with Crippen LogP contribution in [-0.2, 0) is 26.2 Å². The number of benzene rings is 3. The highest BCUT2D eigenvalue weighted by Gasteiger charge is 2.34. The molecule has 43 heavy (non-hydrogen) atoms. The van der Waals surface area contributed by atoms with Gasteiger partial charge < -0.3 is 10.2 Å². The molecule has 2 amide bonds. The molecule has 4 rings (SSSR count). The Kier molecular flexibility index (Phi) is 10.9. The highest BCUT2D eigenvalue weighted by molar-refractivity contribution is 7.92. The monoisotopic (exact) mass is 623 g/mol. The van der Waals surface area contributed by atoms with Gasteiger partial charge in [0.2, 0.25) is 11.8 Å². The van der Waals surface area contributed by atoms with E-state index in [1.165, 1.54) is 29.2 Å². The number of hydrogen-bond acceptors (Lipinski definition) is 4. The molecule has 0 heterocycles. The highest BCUT2D eigenvalue weighted by Crippen LogP contribution is 2.28. The van der Waals surface area contributed by atoms with Gasteiger partial charge in [0.25, 0.3) is 10.0 Å². The number of carbonyl (C=O) groups is 2. The maximum absolute atomic E-state index is 14.3. The van der Waals surface area contributed by atoms with Crippen molar-refractivity contribution in [1.29, 1.82) is 0 Å². The molecule has 3 aromatic carbocycles. The van der Waals surface area contributed by atoms with Gasteiger partial charge in [-0.15, -0.1) is 0 Å². The third kappa shape index (κ3) is 8.18. The van der Waals surface area contributed by atoms with E-state index in [0.717, 1.165) is 58.7 Å². The van der Waals surface area contributed by atoms with E-state index in [-0.39, 0.29) is 23.4 Å². The number of aryl methyl sites for hydroxylation is 3. The Hall–Kier alpha value is -3.36. The number of rotatable bonds is 11. The molecule has 230 valence electrons. The van der Waals surface area contributed by atoms with Crippen LogP contribution in [0.4, 0.5) is 5.69 Å². The summed E-state index contributed by atoms with van der Waals surface area (Å²) in [4.78, 5) is 29.5. The van der Waals surface area contributed by atoms with E-state index < -0.39 is 28.5 Å². The van der Waals surface area contributed by atoms with Crippen LogP contribution in [0, 0.1) is 20.8 Å². The standard InChI is InChI=1S/C34H42ClN3O4S/c1-5-32(34(40)36-29-9-7-6-8-10-29)37(22-27-14-11-24(2)12-15-27)33(39)23-38(30-18-13-25(3)26(4)21-30)43(41,42)31-19-16-28(35)17-20-31/h11-21,29,32H,5-10,22-23H2,1-4H3,(H,36,40)/t32-/m1/s1.